The maximum atomic E-state index is 14.0. The summed E-state index contributed by atoms with van der Waals surface area (Å²) in [6.07, 6.45) is 6.28. The zero-order chi connectivity index (χ0) is 24.7. The topological polar surface area (TPSA) is 61.4 Å². The second-order valence-electron chi connectivity index (χ2n) is 9.49. The number of carbonyl (C=O) groups excluding carboxylic acids is 2. The summed E-state index contributed by atoms with van der Waals surface area (Å²) in [6, 6.07) is 10.9. The van der Waals surface area contributed by atoms with Crippen LogP contribution in [0, 0.1) is 17.6 Å². The van der Waals surface area contributed by atoms with Gasteiger partial charge in [0.25, 0.3) is 5.91 Å². The Morgan fingerprint density at radius 3 is 2.21 bits per heavy atom. The average Bonchev–Trinajstić information content (AvgIpc) is 2.82. The molecule has 7 heteroatoms. The summed E-state index contributed by atoms with van der Waals surface area (Å²) in [5.74, 6) is -3.53. The van der Waals surface area contributed by atoms with E-state index in [1.807, 2.05) is 18.2 Å². The summed E-state index contributed by atoms with van der Waals surface area (Å²) in [6.45, 7) is 4.65. The average molecular weight is 472 g/mol. The maximum Gasteiger partial charge on any atom is 0.257 e. The van der Waals surface area contributed by atoms with Gasteiger partial charge in [-0.3, -0.25) is 14.5 Å². The van der Waals surface area contributed by atoms with Gasteiger partial charge in [0.15, 0.2) is 0 Å². The summed E-state index contributed by atoms with van der Waals surface area (Å²) in [7, 11) is 2.15. The first kappa shape index (κ1) is 25.8. The molecule has 1 atom stereocenters. The molecule has 2 aromatic rings. The maximum absolute atomic E-state index is 14.0. The monoisotopic (exact) mass is 471 g/mol. The molecule has 1 aliphatic rings. The molecule has 3 rings (SSSR count). The van der Waals surface area contributed by atoms with Crippen LogP contribution in [-0.2, 0) is 17.9 Å². The molecule has 0 bridgehead atoms. The first-order chi connectivity index (χ1) is 16.3. The van der Waals surface area contributed by atoms with Crippen LogP contribution in [0.15, 0.2) is 42.5 Å². The third-order valence-corrected chi connectivity index (χ3v) is 6.61. The summed E-state index contributed by atoms with van der Waals surface area (Å²) >= 11 is 0. The van der Waals surface area contributed by atoms with E-state index in [0.29, 0.717) is 12.6 Å². The molecule has 0 aromatic heterocycles. The van der Waals surface area contributed by atoms with Crippen LogP contribution in [0.5, 0.6) is 0 Å². The third kappa shape index (κ3) is 6.63. The predicted octanol–water partition coefficient (Wildman–Crippen LogP) is 4.80. The van der Waals surface area contributed by atoms with Gasteiger partial charge in [0.2, 0.25) is 5.91 Å². The number of halogens is 2. The van der Waals surface area contributed by atoms with E-state index in [4.69, 9.17) is 0 Å². The van der Waals surface area contributed by atoms with E-state index < -0.39 is 35.1 Å². The van der Waals surface area contributed by atoms with Gasteiger partial charge in [0.05, 0.1) is 0 Å². The summed E-state index contributed by atoms with van der Waals surface area (Å²) < 4.78 is 28.0. The molecule has 184 valence electrons. The van der Waals surface area contributed by atoms with Gasteiger partial charge in [0, 0.05) is 19.1 Å². The molecule has 0 spiro atoms. The fourth-order valence-electron chi connectivity index (χ4n) is 4.56. The minimum atomic E-state index is -0.962. The highest BCUT2D eigenvalue weighted by atomic mass is 19.1. The smallest absolute Gasteiger partial charge is 0.257 e. The molecule has 1 saturated carbocycles. The van der Waals surface area contributed by atoms with Crippen molar-refractivity contribution in [3.05, 3.63) is 70.8 Å². The van der Waals surface area contributed by atoms with Crippen LogP contribution in [0.25, 0.3) is 0 Å². The molecule has 2 N–H and O–H groups in total. The van der Waals surface area contributed by atoms with Gasteiger partial charge >= 0.3 is 0 Å². The van der Waals surface area contributed by atoms with Gasteiger partial charge in [-0.15, -0.1) is 0 Å². The SMILES string of the molecule is CC(C)C(NC(=O)c1c(F)cccc1F)C(=O)NCc1ccccc1CN(C)C1CCCCC1. The molecule has 0 saturated heterocycles. The fraction of sp³-hybridized carbons (Fsp3) is 0.481. The van der Waals surface area contributed by atoms with Crippen molar-refractivity contribution in [3.63, 3.8) is 0 Å². The number of rotatable bonds is 9. The van der Waals surface area contributed by atoms with Crippen molar-refractivity contribution in [1.82, 2.24) is 15.5 Å². The summed E-state index contributed by atoms with van der Waals surface area (Å²) in [5.41, 5.74) is 1.47. The summed E-state index contributed by atoms with van der Waals surface area (Å²) in [5, 5.41) is 5.40. The number of hydrogen-bond acceptors (Lipinski definition) is 3. The molecule has 1 unspecified atom stereocenters. The van der Waals surface area contributed by atoms with Gasteiger partial charge < -0.3 is 10.6 Å². The van der Waals surface area contributed by atoms with Gasteiger partial charge in [-0.05, 0) is 49.1 Å². The highest BCUT2D eigenvalue weighted by Crippen LogP contribution is 2.23. The lowest BCUT2D eigenvalue weighted by Gasteiger charge is -2.31. The van der Waals surface area contributed by atoms with Crippen molar-refractivity contribution in [1.29, 1.82) is 0 Å². The van der Waals surface area contributed by atoms with E-state index in [1.54, 1.807) is 13.8 Å². The Morgan fingerprint density at radius 2 is 1.59 bits per heavy atom. The Bertz CT molecular complexity index is 969. The summed E-state index contributed by atoms with van der Waals surface area (Å²) in [4.78, 5) is 27.9. The Morgan fingerprint density at radius 1 is 0.971 bits per heavy atom. The standard InChI is InChI=1S/C27H35F2N3O2/c1-18(2)25(31-26(33)24-22(28)14-9-15-23(24)29)27(34)30-16-19-10-7-8-11-20(19)17-32(3)21-12-5-4-6-13-21/h7-11,14-15,18,21,25H,4-6,12-13,16-17H2,1-3H3,(H,30,34)(H,31,33). The number of nitrogens with one attached hydrogen (secondary N) is 2. The number of benzene rings is 2. The van der Waals surface area contributed by atoms with Crippen LogP contribution in [-0.4, -0.2) is 35.8 Å². The second-order valence-corrected chi connectivity index (χ2v) is 9.49. The van der Waals surface area contributed by atoms with Crippen molar-refractivity contribution in [2.75, 3.05) is 7.05 Å². The van der Waals surface area contributed by atoms with Gasteiger partial charge in [0.1, 0.15) is 23.2 Å². The number of amides is 2. The van der Waals surface area contributed by atoms with E-state index in [2.05, 4.69) is 28.6 Å². The molecule has 2 aromatic carbocycles. The lowest BCUT2D eigenvalue weighted by molar-refractivity contribution is -0.124. The minimum absolute atomic E-state index is 0.272. The Labute approximate surface area is 200 Å². The molecule has 1 fully saturated rings. The second kappa shape index (κ2) is 12.1. The largest absolute Gasteiger partial charge is 0.350 e. The first-order valence-electron chi connectivity index (χ1n) is 12.1. The van der Waals surface area contributed by atoms with E-state index in [0.717, 1.165) is 29.8 Å². The molecule has 0 heterocycles. The van der Waals surface area contributed by atoms with Crippen molar-refractivity contribution >= 4 is 11.8 Å². The van der Waals surface area contributed by atoms with Crippen LogP contribution >= 0.6 is 0 Å². The van der Waals surface area contributed by atoms with Crippen LogP contribution < -0.4 is 10.6 Å². The van der Waals surface area contributed by atoms with Crippen LogP contribution in [0.4, 0.5) is 8.78 Å². The number of carbonyl (C=O) groups is 2. The Kier molecular flexibility index (Phi) is 9.16. The van der Waals surface area contributed by atoms with Crippen LogP contribution in [0.3, 0.4) is 0 Å². The van der Waals surface area contributed by atoms with E-state index in [1.165, 1.54) is 38.2 Å². The van der Waals surface area contributed by atoms with E-state index in [-0.39, 0.29) is 5.92 Å². The highest BCUT2D eigenvalue weighted by Gasteiger charge is 2.27. The Hall–Kier alpha value is -2.80. The normalized spacial score (nSPS) is 15.4. The highest BCUT2D eigenvalue weighted by molar-refractivity contribution is 5.98. The molecule has 2 amide bonds. The van der Waals surface area contributed by atoms with Crippen LogP contribution in [0.1, 0.15) is 67.4 Å². The Balaban J connectivity index is 1.64. The number of nitrogens with zero attached hydrogens (tertiary/aromatic N) is 1. The fourth-order valence-corrected chi connectivity index (χ4v) is 4.56. The van der Waals surface area contributed by atoms with Crippen molar-refractivity contribution < 1.29 is 18.4 Å². The quantitative estimate of drug-likeness (QED) is 0.552. The van der Waals surface area contributed by atoms with Gasteiger partial charge in [-0.25, -0.2) is 8.78 Å². The molecule has 34 heavy (non-hydrogen) atoms. The minimum Gasteiger partial charge on any atom is -0.350 e. The van der Waals surface area contributed by atoms with Crippen molar-refractivity contribution in [2.45, 2.75) is 71.1 Å². The zero-order valence-corrected chi connectivity index (χ0v) is 20.2. The molecule has 1 aliphatic carbocycles. The van der Waals surface area contributed by atoms with E-state index >= 15 is 0 Å². The molecular formula is C27H35F2N3O2. The first-order valence-corrected chi connectivity index (χ1v) is 12.1. The predicted molar refractivity (Wildman–Crippen MR) is 129 cm³/mol. The van der Waals surface area contributed by atoms with Gasteiger partial charge in [-0.2, -0.15) is 0 Å². The molecule has 0 aliphatic heterocycles. The third-order valence-electron chi connectivity index (χ3n) is 6.61. The molecule has 5 nitrogen and oxygen atoms in total. The van der Waals surface area contributed by atoms with Gasteiger partial charge in [-0.1, -0.05) is 63.4 Å². The lowest BCUT2D eigenvalue weighted by atomic mass is 9.94. The number of hydrogen-bond donors (Lipinski definition) is 2. The lowest BCUT2D eigenvalue weighted by Crippen LogP contribution is -2.49. The van der Waals surface area contributed by atoms with Crippen molar-refractivity contribution in [3.8, 4) is 0 Å². The van der Waals surface area contributed by atoms with Crippen LogP contribution in [0.2, 0.25) is 0 Å². The molecular weight excluding hydrogens is 436 g/mol. The van der Waals surface area contributed by atoms with E-state index in [9.17, 15) is 18.4 Å². The molecule has 0 radical (unpaired) electrons. The van der Waals surface area contributed by atoms with Crippen molar-refractivity contribution in [2.24, 2.45) is 5.92 Å². The zero-order valence-electron chi connectivity index (χ0n) is 20.2.